The number of aromatic nitrogens is 1. The summed E-state index contributed by atoms with van der Waals surface area (Å²) in [5.74, 6) is 0.754. The molecule has 2 aromatic carbocycles. The minimum absolute atomic E-state index is 0.635. The number of anilines is 3. The summed E-state index contributed by atoms with van der Waals surface area (Å²) in [6.07, 6.45) is 1.63. The summed E-state index contributed by atoms with van der Waals surface area (Å²) in [4.78, 5) is 4.27. The molecule has 0 spiro atoms. The van der Waals surface area contributed by atoms with Crippen LogP contribution in [0, 0.1) is 0 Å². The van der Waals surface area contributed by atoms with E-state index < -0.39 is 0 Å². The van der Waals surface area contributed by atoms with Crippen LogP contribution < -0.4 is 11.1 Å². The smallest absolute Gasteiger partial charge is 0.144 e. The number of halogens is 1. The standard InChI is InChI=1S/C15H12BrN3/c16-14-8-12(17)9-18-15(14)19-13-6-5-10-3-1-2-4-11(10)7-13/h1-9H,17H2,(H,18,19). The Labute approximate surface area is 119 Å². The molecular weight excluding hydrogens is 302 g/mol. The number of hydrogen-bond donors (Lipinski definition) is 2. The zero-order chi connectivity index (χ0) is 13.2. The van der Waals surface area contributed by atoms with Crippen LogP contribution in [0.15, 0.2) is 59.2 Å². The summed E-state index contributed by atoms with van der Waals surface area (Å²) < 4.78 is 0.848. The quantitative estimate of drug-likeness (QED) is 0.740. The van der Waals surface area contributed by atoms with Crippen molar-refractivity contribution in [3.8, 4) is 0 Å². The van der Waals surface area contributed by atoms with E-state index in [2.05, 4.69) is 50.5 Å². The van der Waals surface area contributed by atoms with Gasteiger partial charge in [0.15, 0.2) is 0 Å². The Balaban J connectivity index is 1.96. The number of nitrogens with zero attached hydrogens (tertiary/aromatic N) is 1. The molecule has 0 radical (unpaired) electrons. The molecule has 4 heteroatoms. The van der Waals surface area contributed by atoms with E-state index in [1.54, 1.807) is 6.20 Å². The van der Waals surface area contributed by atoms with Gasteiger partial charge in [0.05, 0.1) is 16.4 Å². The molecule has 3 rings (SSSR count). The Hall–Kier alpha value is -2.07. The number of nitrogens with one attached hydrogen (secondary N) is 1. The fourth-order valence-corrected chi connectivity index (χ4v) is 2.41. The summed E-state index contributed by atoms with van der Waals surface area (Å²) in [5, 5.41) is 5.69. The first-order chi connectivity index (χ1) is 9.22. The molecule has 0 amide bonds. The number of pyridine rings is 1. The first-order valence-electron chi connectivity index (χ1n) is 5.89. The Morgan fingerprint density at radius 1 is 1.00 bits per heavy atom. The molecule has 19 heavy (non-hydrogen) atoms. The zero-order valence-corrected chi connectivity index (χ0v) is 11.7. The van der Waals surface area contributed by atoms with Gasteiger partial charge in [0.2, 0.25) is 0 Å². The maximum absolute atomic E-state index is 5.68. The van der Waals surface area contributed by atoms with Crippen LogP contribution in [0.4, 0.5) is 17.2 Å². The van der Waals surface area contributed by atoms with E-state index in [9.17, 15) is 0 Å². The van der Waals surface area contributed by atoms with Crippen LogP contribution in [0.25, 0.3) is 10.8 Å². The second kappa shape index (κ2) is 4.90. The number of nitrogen functional groups attached to an aromatic ring is 1. The fraction of sp³-hybridized carbons (Fsp3) is 0. The van der Waals surface area contributed by atoms with Crippen molar-refractivity contribution in [2.45, 2.75) is 0 Å². The highest BCUT2D eigenvalue weighted by Crippen LogP contribution is 2.27. The molecule has 3 nitrogen and oxygen atoms in total. The Bertz CT molecular complexity index is 740. The van der Waals surface area contributed by atoms with Crippen LogP contribution in [0.3, 0.4) is 0 Å². The minimum atomic E-state index is 0.635. The summed E-state index contributed by atoms with van der Waals surface area (Å²) in [7, 11) is 0. The summed E-state index contributed by atoms with van der Waals surface area (Å²) in [6.45, 7) is 0. The third-order valence-corrected chi connectivity index (χ3v) is 3.48. The first-order valence-corrected chi connectivity index (χ1v) is 6.68. The molecule has 3 N–H and O–H groups in total. The molecule has 94 valence electrons. The average molecular weight is 314 g/mol. The van der Waals surface area contributed by atoms with Crippen LogP contribution in [0.2, 0.25) is 0 Å². The van der Waals surface area contributed by atoms with Crippen LogP contribution in [0.1, 0.15) is 0 Å². The number of benzene rings is 2. The van der Waals surface area contributed by atoms with Crippen LogP contribution in [-0.2, 0) is 0 Å². The van der Waals surface area contributed by atoms with Gasteiger partial charge < -0.3 is 11.1 Å². The Kier molecular flexibility index (Phi) is 3.09. The molecule has 0 aliphatic carbocycles. The molecular formula is C15H12BrN3. The van der Waals surface area contributed by atoms with Crippen LogP contribution in [0.5, 0.6) is 0 Å². The summed E-state index contributed by atoms with van der Waals surface area (Å²) >= 11 is 3.45. The molecule has 0 saturated heterocycles. The first kappa shape index (κ1) is 12.0. The largest absolute Gasteiger partial charge is 0.397 e. The van der Waals surface area contributed by atoms with Gasteiger partial charge in [0.1, 0.15) is 5.82 Å². The van der Waals surface area contributed by atoms with Gasteiger partial charge in [-0.1, -0.05) is 30.3 Å². The number of nitrogens with two attached hydrogens (primary N) is 1. The van der Waals surface area contributed by atoms with Crippen molar-refractivity contribution in [2.24, 2.45) is 0 Å². The number of fused-ring (bicyclic) bond motifs is 1. The molecule has 0 bridgehead atoms. The highest BCUT2D eigenvalue weighted by atomic mass is 79.9. The predicted molar refractivity (Wildman–Crippen MR) is 83.6 cm³/mol. The molecule has 1 heterocycles. The maximum atomic E-state index is 5.68. The molecule has 0 atom stereocenters. The highest BCUT2D eigenvalue weighted by Gasteiger charge is 2.03. The van der Waals surface area contributed by atoms with Crippen molar-refractivity contribution in [2.75, 3.05) is 11.1 Å². The van der Waals surface area contributed by atoms with Crippen molar-refractivity contribution in [1.82, 2.24) is 4.98 Å². The van der Waals surface area contributed by atoms with E-state index in [4.69, 9.17) is 5.73 Å². The lowest BCUT2D eigenvalue weighted by molar-refractivity contribution is 1.29. The second-order valence-corrected chi connectivity index (χ2v) is 5.14. The molecule has 3 aromatic rings. The molecule has 0 unspecified atom stereocenters. The van der Waals surface area contributed by atoms with E-state index >= 15 is 0 Å². The summed E-state index contributed by atoms with van der Waals surface area (Å²) in [5.41, 5.74) is 7.31. The molecule has 1 aromatic heterocycles. The van der Waals surface area contributed by atoms with Crippen molar-refractivity contribution in [3.05, 3.63) is 59.2 Å². The van der Waals surface area contributed by atoms with Gasteiger partial charge >= 0.3 is 0 Å². The molecule has 0 aliphatic rings. The van der Waals surface area contributed by atoms with Crippen molar-refractivity contribution in [1.29, 1.82) is 0 Å². The van der Waals surface area contributed by atoms with E-state index in [0.29, 0.717) is 5.69 Å². The average Bonchev–Trinajstić information content (AvgIpc) is 2.42. The topological polar surface area (TPSA) is 50.9 Å². The minimum Gasteiger partial charge on any atom is -0.397 e. The van der Waals surface area contributed by atoms with Crippen LogP contribution >= 0.6 is 15.9 Å². The lowest BCUT2D eigenvalue weighted by Gasteiger charge is -2.09. The molecule has 0 saturated carbocycles. The van der Waals surface area contributed by atoms with Gasteiger partial charge in [-0.15, -0.1) is 0 Å². The van der Waals surface area contributed by atoms with Gasteiger partial charge in [-0.05, 0) is 44.9 Å². The van der Waals surface area contributed by atoms with Gasteiger partial charge in [-0.2, -0.15) is 0 Å². The summed E-state index contributed by atoms with van der Waals surface area (Å²) in [6, 6.07) is 16.3. The lowest BCUT2D eigenvalue weighted by Crippen LogP contribution is -1.96. The van der Waals surface area contributed by atoms with E-state index in [0.717, 1.165) is 16.0 Å². The fourth-order valence-electron chi connectivity index (χ4n) is 1.95. The maximum Gasteiger partial charge on any atom is 0.144 e. The second-order valence-electron chi connectivity index (χ2n) is 4.29. The monoisotopic (exact) mass is 313 g/mol. The lowest BCUT2D eigenvalue weighted by atomic mass is 10.1. The number of rotatable bonds is 2. The third kappa shape index (κ3) is 2.53. The Morgan fingerprint density at radius 2 is 1.79 bits per heavy atom. The van der Waals surface area contributed by atoms with Crippen molar-refractivity contribution >= 4 is 43.9 Å². The SMILES string of the molecule is Nc1cnc(Nc2ccc3ccccc3c2)c(Br)c1. The van der Waals surface area contributed by atoms with Gasteiger partial charge in [0, 0.05) is 5.69 Å². The zero-order valence-electron chi connectivity index (χ0n) is 10.1. The van der Waals surface area contributed by atoms with E-state index in [1.807, 2.05) is 24.3 Å². The molecule has 0 fully saturated rings. The van der Waals surface area contributed by atoms with Gasteiger partial charge in [-0.25, -0.2) is 4.98 Å². The van der Waals surface area contributed by atoms with Gasteiger partial charge in [0.25, 0.3) is 0 Å². The van der Waals surface area contributed by atoms with Crippen molar-refractivity contribution in [3.63, 3.8) is 0 Å². The predicted octanol–water partition coefficient (Wildman–Crippen LogP) is 4.32. The molecule has 0 aliphatic heterocycles. The van der Waals surface area contributed by atoms with Crippen molar-refractivity contribution < 1.29 is 0 Å². The number of hydrogen-bond acceptors (Lipinski definition) is 3. The third-order valence-electron chi connectivity index (χ3n) is 2.87. The normalized spacial score (nSPS) is 10.6. The van der Waals surface area contributed by atoms with Gasteiger partial charge in [-0.3, -0.25) is 0 Å². The van der Waals surface area contributed by atoms with Crippen LogP contribution in [-0.4, -0.2) is 4.98 Å². The van der Waals surface area contributed by atoms with E-state index in [1.165, 1.54) is 10.8 Å². The Morgan fingerprint density at radius 3 is 2.58 bits per heavy atom. The highest BCUT2D eigenvalue weighted by molar-refractivity contribution is 9.10. The van der Waals surface area contributed by atoms with E-state index in [-0.39, 0.29) is 0 Å².